The van der Waals surface area contributed by atoms with Crippen LogP contribution in [0.15, 0.2) is 41.8 Å². The van der Waals surface area contributed by atoms with Crippen molar-refractivity contribution in [2.24, 2.45) is 5.16 Å². The lowest BCUT2D eigenvalue weighted by atomic mass is 10.0. The van der Waals surface area contributed by atoms with E-state index in [4.69, 9.17) is 9.82 Å². The molecular weight excluding hydrogens is 384 g/mol. The Morgan fingerprint density at radius 1 is 1.28 bits per heavy atom. The van der Waals surface area contributed by atoms with Gasteiger partial charge in [-0.2, -0.15) is 0 Å². The number of nitrogens with zero attached hydrogens (tertiary/aromatic N) is 6. The number of fused-ring (bicyclic) bond motifs is 5. The quantitative estimate of drug-likeness (QED) is 0.374. The van der Waals surface area contributed by atoms with Crippen molar-refractivity contribution >= 4 is 33.4 Å². The molecule has 0 radical (unpaired) electrons. The minimum atomic E-state index is 0.222. The molecule has 0 N–H and O–H groups in total. The van der Waals surface area contributed by atoms with Gasteiger partial charge in [0.05, 0.1) is 11.6 Å². The minimum Gasteiger partial charge on any atom is -0.387 e. The van der Waals surface area contributed by atoms with Crippen molar-refractivity contribution in [3.8, 4) is 0 Å². The van der Waals surface area contributed by atoms with Gasteiger partial charge in [0.25, 0.3) is 0 Å². The third-order valence-corrected chi connectivity index (χ3v) is 6.38. The molecule has 0 fully saturated rings. The Balaban J connectivity index is 1.40. The SMILES string of the molecule is CC(C)N1CCc2c(sc3ncn4nc(CON=Cc5ccccc5)nc4c23)C1. The number of oxime groups is 1. The summed E-state index contributed by atoms with van der Waals surface area (Å²) in [4.78, 5) is 19.7. The molecule has 3 aromatic heterocycles. The minimum absolute atomic E-state index is 0.222. The highest BCUT2D eigenvalue weighted by Crippen LogP contribution is 2.36. The zero-order valence-electron chi connectivity index (χ0n) is 16.4. The molecule has 4 aromatic rings. The van der Waals surface area contributed by atoms with Gasteiger partial charge in [-0.25, -0.2) is 14.5 Å². The van der Waals surface area contributed by atoms with Gasteiger partial charge in [-0.15, -0.1) is 16.4 Å². The number of hydrogen-bond donors (Lipinski definition) is 0. The lowest BCUT2D eigenvalue weighted by molar-refractivity contribution is 0.126. The number of hydrogen-bond acceptors (Lipinski definition) is 7. The molecule has 0 unspecified atom stereocenters. The first-order chi connectivity index (χ1) is 14.2. The van der Waals surface area contributed by atoms with E-state index in [1.165, 1.54) is 10.4 Å². The molecule has 1 aliphatic heterocycles. The van der Waals surface area contributed by atoms with Crippen molar-refractivity contribution in [2.75, 3.05) is 6.54 Å². The van der Waals surface area contributed by atoms with Crippen LogP contribution in [-0.4, -0.2) is 43.3 Å². The molecule has 0 spiro atoms. The third kappa shape index (κ3) is 3.49. The van der Waals surface area contributed by atoms with Crippen molar-refractivity contribution in [3.05, 3.63) is 58.5 Å². The number of aromatic nitrogens is 4. The summed E-state index contributed by atoms with van der Waals surface area (Å²) in [6.45, 7) is 6.77. The van der Waals surface area contributed by atoms with Crippen LogP contribution in [0.3, 0.4) is 0 Å². The average molecular weight is 407 g/mol. The van der Waals surface area contributed by atoms with Gasteiger partial charge >= 0.3 is 0 Å². The van der Waals surface area contributed by atoms with Crippen LogP contribution < -0.4 is 0 Å². The lowest BCUT2D eigenvalue weighted by Gasteiger charge is -2.30. The van der Waals surface area contributed by atoms with Crippen LogP contribution >= 0.6 is 11.3 Å². The zero-order chi connectivity index (χ0) is 19.8. The molecule has 0 amide bonds. The lowest BCUT2D eigenvalue weighted by Crippen LogP contribution is -2.35. The topological polar surface area (TPSA) is 67.9 Å². The van der Waals surface area contributed by atoms with Crippen LogP contribution in [0.5, 0.6) is 0 Å². The van der Waals surface area contributed by atoms with E-state index in [0.29, 0.717) is 11.9 Å². The second kappa shape index (κ2) is 7.53. The molecule has 0 aliphatic carbocycles. The van der Waals surface area contributed by atoms with Crippen molar-refractivity contribution in [2.45, 2.75) is 39.5 Å². The second-order valence-corrected chi connectivity index (χ2v) is 8.54. The zero-order valence-corrected chi connectivity index (χ0v) is 17.3. The summed E-state index contributed by atoms with van der Waals surface area (Å²) < 4.78 is 1.75. The van der Waals surface area contributed by atoms with Gasteiger partial charge in [-0.05, 0) is 31.4 Å². The maximum atomic E-state index is 5.41. The van der Waals surface area contributed by atoms with Crippen molar-refractivity contribution in [1.29, 1.82) is 0 Å². The van der Waals surface area contributed by atoms with E-state index in [1.54, 1.807) is 28.4 Å². The smallest absolute Gasteiger partial charge is 0.192 e. The van der Waals surface area contributed by atoms with Crippen molar-refractivity contribution in [1.82, 2.24) is 24.5 Å². The van der Waals surface area contributed by atoms with E-state index in [2.05, 4.69) is 34.0 Å². The Bertz CT molecular complexity index is 1180. The Morgan fingerprint density at radius 3 is 2.97 bits per heavy atom. The van der Waals surface area contributed by atoms with Crippen LogP contribution in [0.25, 0.3) is 15.9 Å². The maximum Gasteiger partial charge on any atom is 0.192 e. The van der Waals surface area contributed by atoms with Gasteiger partial charge in [0.2, 0.25) is 0 Å². The Hall–Kier alpha value is -2.84. The molecule has 148 valence electrons. The molecule has 1 aromatic carbocycles. The molecule has 0 atom stereocenters. The molecule has 4 heterocycles. The Morgan fingerprint density at radius 2 is 2.14 bits per heavy atom. The van der Waals surface area contributed by atoms with Crippen LogP contribution in [-0.2, 0) is 24.4 Å². The first kappa shape index (κ1) is 18.2. The summed E-state index contributed by atoms with van der Waals surface area (Å²) >= 11 is 1.78. The van der Waals surface area contributed by atoms with E-state index in [9.17, 15) is 0 Å². The molecule has 5 rings (SSSR count). The van der Waals surface area contributed by atoms with E-state index < -0.39 is 0 Å². The number of benzene rings is 1. The van der Waals surface area contributed by atoms with E-state index in [1.807, 2.05) is 30.3 Å². The molecule has 0 saturated carbocycles. The van der Waals surface area contributed by atoms with Crippen molar-refractivity contribution < 1.29 is 4.84 Å². The molecule has 29 heavy (non-hydrogen) atoms. The van der Waals surface area contributed by atoms with Gasteiger partial charge in [0.15, 0.2) is 18.1 Å². The summed E-state index contributed by atoms with van der Waals surface area (Å²) in [5, 5.41) is 9.68. The fourth-order valence-corrected chi connectivity index (χ4v) is 4.90. The van der Waals surface area contributed by atoms with Gasteiger partial charge in [-0.3, -0.25) is 4.90 Å². The van der Waals surface area contributed by atoms with Crippen LogP contribution in [0, 0.1) is 0 Å². The van der Waals surface area contributed by atoms with Crippen molar-refractivity contribution in [3.63, 3.8) is 0 Å². The highest BCUT2D eigenvalue weighted by molar-refractivity contribution is 7.19. The highest BCUT2D eigenvalue weighted by Gasteiger charge is 2.25. The first-order valence-corrected chi connectivity index (χ1v) is 10.6. The van der Waals surface area contributed by atoms with Crippen LogP contribution in [0.2, 0.25) is 0 Å². The molecule has 8 heteroatoms. The summed E-state index contributed by atoms with van der Waals surface area (Å²) in [7, 11) is 0. The van der Waals surface area contributed by atoms with E-state index in [0.717, 1.165) is 40.9 Å². The number of thiophene rings is 1. The maximum absolute atomic E-state index is 5.41. The monoisotopic (exact) mass is 406 g/mol. The van der Waals surface area contributed by atoms with Gasteiger partial charge < -0.3 is 4.84 Å². The molecule has 0 saturated heterocycles. The summed E-state index contributed by atoms with van der Waals surface area (Å²) in [6.07, 6.45) is 4.45. The third-order valence-electron chi connectivity index (χ3n) is 5.25. The summed E-state index contributed by atoms with van der Waals surface area (Å²) in [6, 6.07) is 10.4. The molecule has 7 nitrogen and oxygen atoms in total. The summed E-state index contributed by atoms with van der Waals surface area (Å²) in [5.74, 6) is 0.601. The fourth-order valence-electron chi connectivity index (χ4n) is 3.69. The molecule has 1 aliphatic rings. The Labute approximate surface area is 172 Å². The van der Waals surface area contributed by atoms with Gasteiger partial charge in [0.1, 0.15) is 11.2 Å². The predicted molar refractivity (Wildman–Crippen MR) is 114 cm³/mol. The molecule has 0 bridgehead atoms. The fraction of sp³-hybridized carbons (Fsp3) is 0.333. The largest absolute Gasteiger partial charge is 0.387 e. The van der Waals surface area contributed by atoms with Crippen LogP contribution in [0.1, 0.15) is 35.7 Å². The number of rotatable bonds is 5. The normalized spacial score (nSPS) is 15.0. The first-order valence-electron chi connectivity index (χ1n) is 9.78. The average Bonchev–Trinajstić information content (AvgIpc) is 3.31. The molecular formula is C21H22N6OS. The Kier molecular flexibility index (Phi) is 4.73. The van der Waals surface area contributed by atoms with Crippen LogP contribution in [0.4, 0.5) is 0 Å². The predicted octanol–water partition coefficient (Wildman–Crippen LogP) is 3.66. The van der Waals surface area contributed by atoms with E-state index >= 15 is 0 Å². The second-order valence-electron chi connectivity index (χ2n) is 7.46. The van der Waals surface area contributed by atoms with Gasteiger partial charge in [-0.1, -0.05) is 35.5 Å². The summed E-state index contributed by atoms with van der Waals surface area (Å²) in [5.41, 5.74) is 3.22. The van der Waals surface area contributed by atoms with E-state index in [-0.39, 0.29) is 6.61 Å². The highest BCUT2D eigenvalue weighted by atomic mass is 32.1. The standard InChI is InChI=1S/C21H22N6OS/c1-14(2)26-9-8-16-17(11-26)29-21-19(16)20-24-18(25-27(20)13-22-21)12-28-23-10-15-6-4-3-5-7-15/h3-7,10,13-14H,8-9,11-12H2,1-2H3. The van der Waals surface area contributed by atoms with Gasteiger partial charge in [0, 0.05) is 24.0 Å².